The second-order valence-corrected chi connectivity index (χ2v) is 14.1. The van der Waals surface area contributed by atoms with Gasteiger partial charge < -0.3 is 35.5 Å². The quantitative estimate of drug-likeness (QED) is 0.210. The first-order valence-corrected chi connectivity index (χ1v) is 16.6. The van der Waals surface area contributed by atoms with Gasteiger partial charge >= 0.3 is 15.0 Å². The Morgan fingerprint density at radius 1 is 1.07 bits per heavy atom. The molecule has 0 saturated carbocycles. The summed E-state index contributed by atoms with van der Waals surface area (Å²) >= 11 is 5.23. The Hall–Kier alpha value is -2.94. The van der Waals surface area contributed by atoms with Crippen LogP contribution in [0.4, 0.5) is 16.0 Å². The number of hydrogen-bond donors (Lipinski definition) is 4. The van der Waals surface area contributed by atoms with Gasteiger partial charge in [-0.3, -0.25) is 13.7 Å². The highest BCUT2D eigenvalue weighted by atomic mass is 32.5. The lowest BCUT2D eigenvalue weighted by atomic mass is 9.99. The number of fused-ring (bicyclic) bond motifs is 5. The third-order valence-electron chi connectivity index (χ3n) is 7.49. The van der Waals surface area contributed by atoms with Crippen LogP contribution in [0.3, 0.4) is 0 Å². The van der Waals surface area contributed by atoms with Crippen molar-refractivity contribution in [3.63, 3.8) is 0 Å². The molecule has 10 atom stereocenters. The van der Waals surface area contributed by atoms with E-state index in [0.29, 0.717) is 0 Å². The van der Waals surface area contributed by atoms with Crippen molar-refractivity contribution in [1.82, 2.24) is 39.0 Å². The first-order chi connectivity index (χ1) is 21.0. The predicted molar refractivity (Wildman–Crippen MR) is 149 cm³/mol. The van der Waals surface area contributed by atoms with Gasteiger partial charge in [0.15, 0.2) is 47.7 Å². The molecule has 0 aliphatic carbocycles. The summed E-state index contributed by atoms with van der Waals surface area (Å²) in [5, 5.41) is 11.4. The van der Waals surface area contributed by atoms with Crippen molar-refractivity contribution in [2.45, 2.75) is 55.6 Å². The number of halogens is 1. The highest BCUT2D eigenvalue weighted by Crippen LogP contribution is 2.53. The van der Waals surface area contributed by atoms with E-state index >= 15 is 4.39 Å². The van der Waals surface area contributed by atoms with E-state index in [1.807, 2.05) is 0 Å². The first kappa shape index (κ1) is 29.8. The molecule has 0 amide bonds. The molecule has 0 aromatic carbocycles. The Balaban J connectivity index is 1.20. The zero-order valence-corrected chi connectivity index (χ0v) is 25.0. The summed E-state index contributed by atoms with van der Waals surface area (Å²) in [6.45, 7) is -3.87. The van der Waals surface area contributed by atoms with Crippen molar-refractivity contribution >= 4 is 60.7 Å². The second kappa shape index (κ2) is 10.8. The summed E-state index contributed by atoms with van der Waals surface area (Å²) in [4.78, 5) is 35.5. The van der Waals surface area contributed by atoms with Crippen molar-refractivity contribution in [3.8, 4) is 0 Å². The molecule has 0 spiro atoms. The molecule has 3 aliphatic heterocycles. The number of nitrogens with two attached hydrogens (primary N) is 2. The minimum atomic E-state index is -4.21. The average Bonchev–Trinajstić information content (AvgIpc) is 3.73. The number of aliphatic hydroxyl groups is 1. The fraction of sp³-hybridized carbons (Fsp3) is 0.524. The topological polar surface area (TPSA) is 252 Å². The van der Waals surface area contributed by atoms with Crippen LogP contribution >= 0.6 is 15.0 Å². The summed E-state index contributed by atoms with van der Waals surface area (Å²) < 4.78 is 65.9. The number of nitrogen functional groups attached to an aromatic ring is 2. The number of ether oxygens (including phenoxy) is 2. The normalized spacial score (nSPS) is 37.5. The number of aliphatic hydroxyl groups excluding tert-OH is 1. The van der Waals surface area contributed by atoms with Gasteiger partial charge in [0.1, 0.15) is 54.2 Å². The summed E-state index contributed by atoms with van der Waals surface area (Å²) in [5.41, 5.74) is 11.1. The molecule has 4 aromatic rings. The fourth-order valence-electron chi connectivity index (χ4n) is 5.37. The van der Waals surface area contributed by atoms with E-state index in [2.05, 4.69) is 29.9 Å². The standard InChI is InChI=1S/C21H23FN10O9P2S/c1-21-3-36-42(34)40-13-9(22)8(38-20(13)32-7-30-11-16(24)26-5-28-18(11)32)2-37-43(35,44)41-14(21)12(33)19(39-21)31-6-29-10-15(23)25-4-27-17(10)31/h4-9,12-14,19-20,33H,2-3H2,1H3,(H4-,23,24,25,26,27,28,35,44)/p+1/t8-,9+,12-,13-,14+,19-,20-,21-,43?/m1/s1. The molecule has 3 aliphatic rings. The van der Waals surface area contributed by atoms with Crippen LogP contribution in [-0.2, 0) is 43.9 Å². The van der Waals surface area contributed by atoms with Crippen molar-refractivity contribution < 1.29 is 46.5 Å². The fourth-order valence-corrected chi connectivity index (χ4v) is 7.70. The van der Waals surface area contributed by atoms with E-state index < -0.39 is 76.8 Å². The zero-order valence-electron chi connectivity index (χ0n) is 22.4. The van der Waals surface area contributed by atoms with Crippen molar-refractivity contribution in [1.29, 1.82) is 0 Å². The van der Waals surface area contributed by atoms with Gasteiger partial charge in [-0.25, -0.2) is 34.3 Å². The molecule has 4 aromatic heterocycles. The number of anilines is 2. The number of nitrogens with zero attached hydrogens (tertiary/aromatic N) is 8. The maximum Gasteiger partial charge on any atom is 0.698 e. The molecule has 3 fully saturated rings. The SMILES string of the molecule is C[C@@]12CO[P+](=O)O[C@@H]3[C@@H](F)[C@@H](COP(O)(=S)O[C@H]1[C@@H](O)[C@H](n1cnc4c(N)ncnc41)O2)O[C@H]3n1cnc2c(N)ncnc21. The van der Waals surface area contributed by atoms with Gasteiger partial charge in [0.25, 0.3) is 0 Å². The molecular formula is C21H24FN10O9P2S+. The minimum absolute atomic E-state index is 0.0787. The van der Waals surface area contributed by atoms with E-state index in [1.165, 1.54) is 41.4 Å². The van der Waals surface area contributed by atoms with E-state index in [1.54, 1.807) is 0 Å². The number of hydrogen-bond acceptors (Lipinski definition) is 17. The van der Waals surface area contributed by atoms with Crippen LogP contribution in [-0.4, -0.2) is 98.4 Å². The van der Waals surface area contributed by atoms with Gasteiger partial charge in [-0.1, -0.05) is 0 Å². The molecule has 234 valence electrons. The molecule has 3 saturated heterocycles. The Morgan fingerprint density at radius 2 is 1.68 bits per heavy atom. The van der Waals surface area contributed by atoms with Gasteiger partial charge in [0.2, 0.25) is 0 Å². The average molecular weight is 673 g/mol. The smallest absolute Gasteiger partial charge is 0.386 e. The highest BCUT2D eigenvalue weighted by molar-refractivity contribution is 8.07. The maximum absolute atomic E-state index is 15.8. The van der Waals surface area contributed by atoms with Crippen LogP contribution < -0.4 is 11.5 Å². The molecule has 7 heterocycles. The molecule has 2 unspecified atom stereocenters. The lowest BCUT2D eigenvalue weighted by Gasteiger charge is -2.31. The van der Waals surface area contributed by atoms with Gasteiger partial charge in [-0.15, -0.1) is 9.05 Å². The van der Waals surface area contributed by atoms with Crippen molar-refractivity contribution in [2.24, 2.45) is 0 Å². The third-order valence-corrected chi connectivity index (χ3v) is 9.79. The highest BCUT2D eigenvalue weighted by Gasteiger charge is 2.59. The predicted octanol–water partition coefficient (Wildman–Crippen LogP) is 0.406. The van der Waals surface area contributed by atoms with Crippen molar-refractivity contribution in [2.75, 3.05) is 24.7 Å². The van der Waals surface area contributed by atoms with Gasteiger partial charge in [0, 0.05) is 4.57 Å². The Kier molecular flexibility index (Phi) is 7.34. The lowest BCUT2D eigenvalue weighted by molar-refractivity contribution is -0.111. The van der Waals surface area contributed by atoms with Crippen LogP contribution in [0, 0.1) is 0 Å². The zero-order chi connectivity index (χ0) is 31.0. The van der Waals surface area contributed by atoms with E-state index in [0.717, 1.165) is 0 Å². The van der Waals surface area contributed by atoms with Crippen LogP contribution in [0.5, 0.6) is 0 Å². The van der Waals surface area contributed by atoms with Crippen LogP contribution in [0.1, 0.15) is 19.4 Å². The van der Waals surface area contributed by atoms with Crippen LogP contribution in [0.2, 0.25) is 0 Å². The van der Waals surface area contributed by atoms with E-state index in [9.17, 15) is 14.6 Å². The van der Waals surface area contributed by atoms with E-state index in [-0.39, 0.29) is 34.0 Å². The Labute approximate surface area is 251 Å². The molecule has 44 heavy (non-hydrogen) atoms. The van der Waals surface area contributed by atoms with Gasteiger partial charge in [-0.05, 0) is 18.7 Å². The molecule has 6 N–H and O–H groups in total. The molecule has 2 bridgehead atoms. The molecule has 19 nitrogen and oxygen atoms in total. The lowest BCUT2D eigenvalue weighted by Crippen LogP contribution is -2.45. The van der Waals surface area contributed by atoms with Crippen LogP contribution in [0.25, 0.3) is 22.3 Å². The molecule has 7 rings (SSSR count). The summed E-state index contributed by atoms with van der Waals surface area (Å²) in [6, 6.07) is 0. The number of aromatic nitrogens is 8. The second-order valence-electron chi connectivity index (χ2n) is 10.3. The number of imidazole rings is 2. The maximum atomic E-state index is 15.8. The first-order valence-electron chi connectivity index (χ1n) is 12.9. The van der Waals surface area contributed by atoms with E-state index in [4.69, 9.17) is 50.8 Å². The molecule has 0 radical (unpaired) electrons. The third kappa shape index (κ3) is 4.94. The monoisotopic (exact) mass is 673 g/mol. The Bertz CT molecular complexity index is 1820. The minimum Gasteiger partial charge on any atom is -0.386 e. The Morgan fingerprint density at radius 3 is 2.32 bits per heavy atom. The summed E-state index contributed by atoms with van der Waals surface area (Å²) in [5.74, 6) is 0.180. The summed E-state index contributed by atoms with van der Waals surface area (Å²) in [7, 11) is -3.03. The van der Waals surface area contributed by atoms with Crippen molar-refractivity contribution in [3.05, 3.63) is 25.3 Å². The number of rotatable bonds is 2. The molecule has 23 heteroatoms. The van der Waals surface area contributed by atoms with Crippen LogP contribution in [0.15, 0.2) is 25.3 Å². The summed E-state index contributed by atoms with van der Waals surface area (Å²) in [6.07, 6.45) is -5.21. The molecular weight excluding hydrogens is 649 g/mol. The van der Waals surface area contributed by atoms with Gasteiger partial charge in [-0.2, -0.15) is 0 Å². The van der Waals surface area contributed by atoms with Gasteiger partial charge in [0.05, 0.1) is 19.3 Å². The number of alkyl halides is 1. The largest absolute Gasteiger partial charge is 0.698 e.